The Labute approximate surface area is 236 Å². The van der Waals surface area contributed by atoms with E-state index in [0.29, 0.717) is 57.8 Å². The molecule has 1 aliphatic heterocycles. The first-order valence-electron chi connectivity index (χ1n) is 12.7. The third-order valence-corrected chi connectivity index (χ3v) is 7.94. The van der Waals surface area contributed by atoms with E-state index >= 15 is 0 Å². The number of para-hydroxylation sites is 1. The number of H-pyrrole nitrogens is 1. The summed E-state index contributed by atoms with van der Waals surface area (Å²) in [7, 11) is 0. The highest BCUT2D eigenvalue weighted by Crippen LogP contribution is 2.32. The van der Waals surface area contributed by atoms with Gasteiger partial charge >= 0.3 is 6.18 Å². The Morgan fingerprint density at radius 2 is 1.78 bits per heavy atom. The highest BCUT2D eigenvalue weighted by atomic mass is 32.2. The molecule has 5 aromatic rings. The van der Waals surface area contributed by atoms with Crippen molar-refractivity contribution in [2.45, 2.75) is 30.1 Å². The number of nitrogens with one attached hydrogen (secondary N) is 1. The molecule has 3 aromatic carbocycles. The lowest BCUT2D eigenvalue weighted by Crippen LogP contribution is -2.38. The Morgan fingerprint density at radius 1 is 1.02 bits per heavy atom. The second-order valence-corrected chi connectivity index (χ2v) is 10.5. The van der Waals surface area contributed by atoms with Crippen LogP contribution in [0.15, 0.2) is 82.7 Å². The second-order valence-electron chi connectivity index (χ2n) is 9.57. The maximum atomic E-state index is 14.0. The molecule has 0 unspecified atom stereocenters. The number of nitrogens with zero attached hydrogens (tertiary/aromatic N) is 4. The molecule has 0 spiro atoms. The third-order valence-electron chi connectivity index (χ3n) is 6.95. The molecule has 0 bridgehead atoms. The Morgan fingerprint density at radius 3 is 2.54 bits per heavy atom. The molecule has 0 radical (unpaired) electrons. The minimum atomic E-state index is -4.46. The molecule has 2 aromatic heterocycles. The number of hydrogen-bond donors (Lipinski definition) is 2. The normalized spacial score (nSPS) is 13.4. The molecule has 3 heterocycles. The third kappa shape index (κ3) is 5.18. The number of primary amides is 1. The van der Waals surface area contributed by atoms with Crippen molar-refractivity contribution < 1.29 is 18.0 Å². The lowest BCUT2D eigenvalue weighted by molar-refractivity contribution is -0.137. The fraction of sp³-hybridized carbons (Fsp3) is 0.172. The van der Waals surface area contributed by atoms with Crippen LogP contribution in [-0.4, -0.2) is 32.0 Å². The van der Waals surface area contributed by atoms with Crippen molar-refractivity contribution in [1.82, 2.24) is 19.5 Å². The number of rotatable bonds is 6. The molecule has 0 saturated carbocycles. The standard InChI is InChI=1S/C29H23F3N6O2S/c30-29(31,32)18-10-11-23-24(14-18)35-27(34-23)37-13-12-22-21(15-37)26(40)38(19-7-2-1-3-8-19)28(36-22)41-16-17-6-4-5-9-20(17)25(33)39/h1-11,14H,12-13,15-16H2,(H2,33,39)(H,34,35). The molecule has 12 heteroatoms. The van der Waals surface area contributed by atoms with Crippen molar-refractivity contribution in [2.75, 3.05) is 11.4 Å². The van der Waals surface area contributed by atoms with Gasteiger partial charge in [0.2, 0.25) is 11.9 Å². The van der Waals surface area contributed by atoms with E-state index in [4.69, 9.17) is 10.7 Å². The summed E-state index contributed by atoms with van der Waals surface area (Å²) in [6.07, 6.45) is -4.02. The van der Waals surface area contributed by atoms with E-state index in [9.17, 15) is 22.8 Å². The maximum absolute atomic E-state index is 14.0. The monoisotopic (exact) mass is 576 g/mol. The van der Waals surface area contributed by atoms with Gasteiger partial charge in [-0.15, -0.1) is 0 Å². The van der Waals surface area contributed by atoms with Gasteiger partial charge in [0.1, 0.15) is 0 Å². The van der Waals surface area contributed by atoms with Crippen molar-refractivity contribution in [3.05, 3.63) is 111 Å². The molecular weight excluding hydrogens is 553 g/mol. The van der Waals surface area contributed by atoms with Crippen LogP contribution < -0.4 is 16.2 Å². The summed E-state index contributed by atoms with van der Waals surface area (Å²) in [4.78, 5) is 40.1. The Balaban J connectivity index is 1.36. The van der Waals surface area contributed by atoms with E-state index in [1.54, 1.807) is 16.7 Å². The molecule has 208 valence electrons. The van der Waals surface area contributed by atoms with E-state index in [1.807, 2.05) is 47.4 Å². The van der Waals surface area contributed by atoms with Gasteiger partial charge < -0.3 is 15.6 Å². The lowest BCUT2D eigenvalue weighted by atomic mass is 10.1. The summed E-state index contributed by atoms with van der Waals surface area (Å²) >= 11 is 1.34. The van der Waals surface area contributed by atoms with Gasteiger partial charge in [0.05, 0.1) is 40.1 Å². The summed E-state index contributed by atoms with van der Waals surface area (Å²) in [6.45, 7) is 0.658. The first-order valence-corrected chi connectivity index (χ1v) is 13.7. The predicted molar refractivity (Wildman–Crippen MR) is 150 cm³/mol. The number of halogens is 3. The molecule has 0 saturated heterocycles. The number of aromatic amines is 1. The Hall–Kier alpha value is -4.58. The topological polar surface area (TPSA) is 110 Å². The first kappa shape index (κ1) is 26.6. The van der Waals surface area contributed by atoms with Crippen LogP contribution in [0.1, 0.15) is 32.7 Å². The molecule has 1 amide bonds. The molecule has 0 aliphatic carbocycles. The van der Waals surface area contributed by atoms with Crippen LogP contribution in [0.5, 0.6) is 0 Å². The number of anilines is 1. The molecule has 0 atom stereocenters. The zero-order valence-corrected chi connectivity index (χ0v) is 22.3. The van der Waals surface area contributed by atoms with Crippen molar-refractivity contribution >= 4 is 34.7 Å². The zero-order valence-electron chi connectivity index (χ0n) is 21.5. The van der Waals surface area contributed by atoms with Crippen LogP contribution >= 0.6 is 11.8 Å². The van der Waals surface area contributed by atoms with Crippen LogP contribution in [-0.2, 0) is 24.9 Å². The van der Waals surface area contributed by atoms with Crippen molar-refractivity contribution in [1.29, 1.82) is 0 Å². The van der Waals surface area contributed by atoms with Gasteiger partial charge in [-0.25, -0.2) is 9.97 Å². The predicted octanol–water partition coefficient (Wildman–Crippen LogP) is 5.08. The average Bonchev–Trinajstić information content (AvgIpc) is 3.40. The van der Waals surface area contributed by atoms with Crippen LogP contribution in [0.2, 0.25) is 0 Å². The van der Waals surface area contributed by atoms with Gasteiger partial charge in [0, 0.05) is 24.3 Å². The summed E-state index contributed by atoms with van der Waals surface area (Å²) in [5.41, 5.74) is 8.14. The van der Waals surface area contributed by atoms with Gasteiger partial charge in [-0.2, -0.15) is 13.2 Å². The minimum Gasteiger partial charge on any atom is -0.366 e. The lowest BCUT2D eigenvalue weighted by Gasteiger charge is -2.28. The summed E-state index contributed by atoms with van der Waals surface area (Å²) in [6, 6.07) is 19.6. The summed E-state index contributed by atoms with van der Waals surface area (Å²) in [5, 5.41) is 0.482. The van der Waals surface area contributed by atoms with E-state index in [2.05, 4.69) is 9.97 Å². The van der Waals surface area contributed by atoms with Crippen LogP contribution in [0.4, 0.5) is 19.1 Å². The minimum absolute atomic E-state index is 0.190. The molecule has 3 N–H and O–H groups in total. The molecule has 1 aliphatic rings. The number of benzene rings is 3. The SMILES string of the molecule is NC(=O)c1ccccc1CSc1nc2c(c(=O)n1-c1ccccc1)CN(c1nc3ccc(C(F)(F)F)cc3[nH]1)CC2. The highest BCUT2D eigenvalue weighted by Gasteiger charge is 2.31. The summed E-state index contributed by atoms with van der Waals surface area (Å²) in [5.74, 6) is 0.236. The van der Waals surface area contributed by atoms with Crippen LogP contribution in [0.25, 0.3) is 16.7 Å². The smallest absolute Gasteiger partial charge is 0.366 e. The van der Waals surface area contributed by atoms with Gasteiger partial charge in [-0.3, -0.25) is 14.2 Å². The summed E-state index contributed by atoms with van der Waals surface area (Å²) < 4.78 is 41.1. The molecule has 6 rings (SSSR count). The van der Waals surface area contributed by atoms with Crippen molar-refractivity contribution in [3.63, 3.8) is 0 Å². The molecule has 0 fully saturated rings. The van der Waals surface area contributed by atoms with Crippen LogP contribution in [0.3, 0.4) is 0 Å². The van der Waals surface area contributed by atoms with E-state index in [0.717, 1.165) is 17.7 Å². The number of carbonyl (C=O) groups excluding carboxylic acids is 1. The maximum Gasteiger partial charge on any atom is 0.416 e. The number of alkyl halides is 3. The number of thioether (sulfide) groups is 1. The first-order chi connectivity index (χ1) is 19.7. The highest BCUT2D eigenvalue weighted by molar-refractivity contribution is 7.98. The Kier molecular flexibility index (Phi) is 6.78. The average molecular weight is 577 g/mol. The van der Waals surface area contributed by atoms with E-state index in [-0.39, 0.29) is 17.6 Å². The van der Waals surface area contributed by atoms with Crippen molar-refractivity contribution in [3.8, 4) is 5.69 Å². The van der Waals surface area contributed by atoms with Gasteiger partial charge in [0.25, 0.3) is 5.56 Å². The Bertz CT molecular complexity index is 1830. The fourth-order valence-electron chi connectivity index (χ4n) is 4.89. The largest absolute Gasteiger partial charge is 0.416 e. The number of nitrogens with two attached hydrogens (primary N) is 1. The zero-order chi connectivity index (χ0) is 28.7. The fourth-order valence-corrected chi connectivity index (χ4v) is 5.92. The van der Waals surface area contributed by atoms with Gasteiger partial charge in [0.15, 0.2) is 5.16 Å². The number of amides is 1. The number of fused-ring (bicyclic) bond motifs is 2. The van der Waals surface area contributed by atoms with Crippen LogP contribution in [0, 0.1) is 0 Å². The van der Waals surface area contributed by atoms with Crippen molar-refractivity contribution in [2.24, 2.45) is 5.73 Å². The number of aromatic nitrogens is 4. The number of hydrogen-bond acceptors (Lipinski definition) is 6. The van der Waals surface area contributed by atoms with Gasteiger partial charge in [-0.1, -0.05) is 48.2 Å². The number of carbonyl (C=O) groups is 1. The molecular formula is C29H23F3N6O2S. The second kappa shape index (κ2) is 10.4. The van der Waals surface area contributed by atoms with E-state index in [1.165, 1.54) is 17.8 Å². The molecule has 8 nitrogen and oxygen atoms in total. The molecule has 41 heavy (non-hydrogen) atoms. The number of imidazole rings is 1. The van der Waals surface area contributed by atoms with Gasteiger partial charge in [-0.05, 0) is 42.0 Å². The van der Waals surface area contributed by atoms with E-state index < -0.39 is 17.6 Å². The quantitative estimate of drug-likeness (QED) is 0.216.